The van der Waals surface area contributed by atoms with Gasteiger partial charge in [0, 0.05) is 24.0 Å². The van der Waals surface area contributed by atoms with Gasteiger partial charge in [0.05, 0.1) is 5.52 Å². The first-order valence-electron chi connectivity index (χ1n) is 8.89. The van der Waals surface area contributed by atoms with Crippen LogP contribution in [0.2, 0.25) is 0 Å². The van der Waals surface area contributed by atoms with Crippen LogP contribution in [0.25, 0.3) is 16.6 Å². The first-order valence-corrected chi connectivity index (χ1v) is 8.89. The minimum Gasteiger partial charge on any atom is -0.454 e. The molecule has 0 saturated heterocycles. The summed E-state index contributed by atoms with van der Waals surface area (Å²) in [5, 5.41) is 16.9. The zero-order chi connectivity index (χ0) is 18.4. The molecule has 1 aliphatic rings. The third-order valence-electron chi connectivity index (χ3n) is 5.04. The molecule has 0 radical (unpaired) electrons. The molecule has 27 heavy (non-hydrogen) atoms. The maximum atomic E-state index is 5.44. The van der Waals surface area contributed by atoms with E-state index in [4.69, 9.17) is 9.47 Å². The highest BCUT2D eigenvalue weighted by Crippen LogP contribution is 2.32. The molecule has 5 rings (SSSR count). The molecule has 0 spiro atoms. The highest BCUT2D eigenvalue weighted by molar-refractivity contribution is 5.84. The predicted octanol–water partition coefficient (Wildman–Crippen LogP) is 2.91. The van der Waals surface area contributed by atoms with Crippen molar-refractivity contribution in [1.29, 1.82) is 0 Å². The van der Waals surface area contributed by atoms with Crippen molar-refractivity contribution >= 4 is 16.6 Å². The Kier molecular flexibility index (Phi) is 3.68. The third kappa shape index (κ3) is 2.76. The first-order chi connectivity index (χ1) is 13.2. The maximum Gasteiger partial charge on any atom is 0.231 e. The quantitative estimate of drug-likeness (QED) is 0.602. The predicted molar refractivity (Wildman–Crippen MR) is 101 cm³/mol. The highest BCUT2D eigenvalue weighted by Gasteiger charge is 2.14. The van der Waals surface area contributed by atoms with Crippen molar-refractivity contribution in [2.24, 2.45) is 0 Å². The largest absolute Gasteiger partial charge is 0.454 e. The number of hydrogen-bond donors (Lipinski definition) is 1. The van der Waals surface area contributed by atoms with Gasteiger partial charge in [-0.2, -0.15) is 4.52 Å². The number of pyridine rings is 1. The molecule has 7 nitrogen and oxygen atoms in total. The Hall–Kier alpha value is -3.19. The normalized spacial score (nSPS) is 13.0. The van der Waals surface area contributed by atoms with E-state index in [0.717, 1.165) is 45.7 Å². The van der Waals surface area contributed by atoms with E-state index in [1.807, 2.05) is 22.7 Å². The van der Waals surface area contributed by atoms with Crippen LogP contribution in [0.1, 0.15) is 22.3 Å². The van der Waals surface area contributed by atoms with Crippen LogP contribution < -0.4 is 14.8 Å². The Labute approximate surface area is 155 Å². The van der Waals surface area contributed by atoms with E-state index in [1.54, 1.807) is 0 Å². The Morgan fingerprint density at radius 3 is 2.78 bits per heavy atom. The average Bonchev–Trinajstić information content (AvgIpc) is 3.32. The van der Waals surface area contributed by atoms with Crippen molar-refractivity contribution in [2.75, 3.05) is 6.79 Å². The van der Waals surface area contributed by atoms with Gasteiger partial charge in [-0.05, 0) is 71.3 Å². The molecule has 2 aromatic heterocycles. The zero-order valence-electron chi connectivity index (χ0n) is 15.2. The number of hydrogen-bond acceptors (Lipinski definition) is 6. The number of ether oxygens (including phenoxy) is 2. The van der Waals surface area contributed by atoms with E-state index in [0.29, 0.717) is 13.3 Å². The molecule has 0 saturated carbocycles. The number of tetrazole rings is 1. The van der Waals surface area contributed by atoms with Gasteiger partial charge in [-0.3, -0.25) is 0 Å². The lowest BCUT2D eigenvalue weighted by molar-refractivity contribution is 0.174. The molecule has 0 fully saturated rings. The smallest absolute Gasteiger partial charge is 0.231 e. The van der Waals surface area contributed by atoms with Gasteiger partial charge < -0.3 is 14.8 Å². The molecule has 1 aliphatic heterocycles. The van der Waals surface area contributed by atoms with Crippen molar-refractivity contribution in [3.8, 4) is 11.5 Å². The van der Waals surface area contributed by atoms with Crippen LogP contribution in [-0.2, 0) is 13.1 Å². The van der Waals surface area contributed by atoms with Gasteiger partial charge in [0.15, 0.2) is 17.1 Å². The number of aromatic nitrogens is 4. The minimum absolute atomic E-state index is 0.292. The molecule has 2 aromatic carbocycles. The fourth-order valence-corrected chi connectivity index (χ4v) is 3.45. The second-order valence-electron chi connectivity index (χ2n) is 6.87. The summed E-state index contributed by atoms with van der Waals surface area (Å²) in [7, 11) is 0. The monoisotopic (exact) mass is 361 g/mol. The fraction of sp³-hybridized carbons (Fsp3) is 0.250. The van der Waals surface area contributed by atoms with E-state index in [1.165, 1.54) is 11.1 Å². The van der Waals surface area contributed by atoms with Gasteiger partial charge in [0.2, 0.25) is 6.79 Å². The maximum absolute atomic E-state index is 5.44. The molecular weight excluding hydrogens is 342 g/mol. The number of fused-ring (bicyclic) bond motifs is 4. The summed E-state index contributed by atoms with van der Waals surface area (Å²) >= 11 is 0. The number of nitrogens with zero attached hydrogens (tertiary/aromatic N) is 4. The second kappa shape index (κ2) is 6.21. The van der Waals surface area contributed by atoms with E-state index in [2.05, 4.69) is 52.9 Å². The molecule has 0 unspecified atom stereocenters. The van der Waals surface area contributed by atoms with Crippen molar-refractivity contribution in [3.63, 3.8) is 0 Å². The van der Waals surface area contributed by atoms with Crippen LogP contribution in [0.4, 0.5) is 0 Å². The third-order valence-corrected chi connectivity index (χ3v) is 5.04. The SMILES string of the molecule is Cc1cc2cc(CNCc3ccc4c(c3)OCO4)c3nnnn3c2cc1C. The Morgan fingerprint density at radius 1 is 1.00 bits per heavy atom. The topological polar surface area (TPSA) is 73.6 Å². The van der Waals surface area contributed by atoms with Crippen molar-refractivity contribution in [2.45, 2.75) is 26.9 Å². The zero-order valence-corrected chi connectivity index (χ0v) is 15.2. The fourth-order valence-electron chi connectivity index (χ4n) is 3.45. The van der Waals surface area contributed by atoms with Gasteiger partial charge in [-0.15, -0.1) is 5.10 Å². The molecule has 4 aromatic rings. The van der Waals surface area contributed by atoms with E-state index in [-0.39, 0.29) is 0 Å². The minimum atomic E-state index is 0.292. The highest BCUT2D eigenvalue weighted by atomic mass is 16.7. The average molecular weight is 361 g/mol. The molecular formula is C20H19N5O2. The number of benzene rings is 2. The van der Waals surface area contributed by atoms with E-state index < -0.39 is 0 Å². The van der Waals surface area contributed by atoms with Crippen molar-refractivity contribution in [3.05, 3.63) is 58.7 Å². The Morgan fingerprint density at radius 2 is 1.85 bits per heavy atom. The van der Waals surface area contributed by atoms with E-state index >= 15 is 0 Å². The second-order valence-corrected chi connectivity index (χ2v) is 6.87. The van der Waals surface area contributed by atoms with Crippen molar-refractivity contribution in [1.82, 2.24) is 25.4 Å². The molecule has 7 heteroatoms. The van der Waals surface area contributed by atoms with Crippen LogP contribution in [0.15, 0.2) is 36.4 Å². The van der Waals surface area contributed by atoms with Crippen LogP contribution in [0, 0.1) is 13.8 Å². The summed E-state index contributed by atoms with van der Waals surface area (Å²) in [6.07, 6.45) is 0. The summed E-state index contributed by atoms with van der Waals surface area (Å²) in [5.41, 5.74) is 6.50. The molecule has 0 bridgehead atoms. The molecule has 0 amide bonds. The molecule has 0 atom stereocenters. The van der Waals surface area contributed by atoms with Gasteiger partial charge in [0.25, 0.3) is 0 Å². The number of nitrogens with one attached hydrogen (secondary N) is 1. The Bertz CT molecular complexity index is 1170. The van der Waals surface area contributed by atoms with Crippen LogP contribution >= 0.6 is 0 Å². The summed E-state index contributed by atoms with van der Waals surface area (Å²) in [4.78, 5) is 0. The lowest BCUT2D eigenvalue weighted by Gasteiger charge is -2.10. The number of aryl methyl sites for hydroxylation is 2. The molecule has 0 aliphatic carbocycles. The van der Waals surface area contributed by atoms with Gasteiger partial charge in [-0.25, -0.2) is 0 Å². The standard InChI is InChI=1S/C20H19N5O2/c1-12-5-15-8-16(20-22-23-24-25(20)17(15)6-13(12)2)10-21-9-14-3-4-18-19(7-14)27-11-26-18/h3-8,21H,9-11H2,1-2H3. The van der Waals surface area contributed by atoms with Crippen LogP contribution in [0.5, 0.6) is 11.5 Å². The lowest BCUT2D eigenvalue weighted by atomic mass is 10.0. The van der Waals surface area contributed by atoms with Gasteiger partial charge >= 0.3 is 0 Å². The molecule has 3 heterocycles. The Balaban J connectivity index is 1.42. The van der Waals surface area contributed by atoms with E-state index in [9.17, 15) is 0 Å². The summed E-state index contributed by atoms with van der Waals surface area (Å²) in [5.74, 6) is 1.60. The molecule has 1 N–H and O–H groups in total. The summed E-state index contributed by atoms with van der Waals surface area (Å²) < 4.78 is 12.6. The first kappa shape index (κ1) is 16.0. The summed E-state index contributed by atoms with van der Waals surface area (Å²) in [6.45, 7) is 5.90. The molecule has 136 valence electrons. The van der Waals surface area contributed by atoms with Gasteiger partial charge in [-0.1, -0.05) is 6.07 Å². The van der Waals surface area contributed by atoms with Crippen LogP contribution in [-0.4, -0.2) is 26.8 Å². The lowest BCUT2D eigenvalue weighted by Crippen LogP contribution is -2.14. The number of rotatable bonds is 4. The summed E-state index contributed by atoms with van der Waals surface area (Å²) in [6, 6.07) is 12.5. The van der Waals surface area contributed by atoms with Crippen molar-refractivity contribution < 1.29 is 9.47 Å². The van der Waals surface area contributed by atoms with Gasteiger partial charge in [0.1, 0.15) is 0 Å². The van der Waals surface area contributed by atoms with Crippen LogP contribution in [0.3, 0.4) is 0 Å².